The number of aryl methyl sites for hydroxylation is 1. The number of carbonyl (C=O) groups is 1. The second kappa shape index (κ2) is 7.05. The Labute approximate surface area is 147 Å². The Hall–Kier alpha value is -2.69. The average Bonchev–Trinajstić information content (AvgIpc) is 2.66. The van der Waals surface area contributed by atoms with Crippen LogP contribution in [0.25, 0.3) is 0 Å². The van der Waals surface area contributed by atoms with E-state index in [-0.39, 0.29) is 18.2 Å². The molecule has 0 spiro atoms. The van der Waals surface area contributed by atoms with E-state index in [1.807, 2.05) is 30.3 Å². The summed E-state index contributed by atoms with van der Waals surface area (Å²) in [6.45, 7) is 0.845. The first kappa shape index (κ1) is 15.8. The molecule has 2 atom stereocenters. The van der Waals surface area contributed by atoms with Crippen molar-refractivity contribution in [3.05, 3.63) is 59.7 Å². The summed E-state index contributed by atoms with van der Waals surface area (Å²) in [5.41, 5.74) is 2.56. The standard InChI is InChI=1S/C20H22N2O3/c23-20(22-17-9-5-7-14-6-1-2-8-16(14)17)21-12-15-13-24-18-10-3-4-11-19(18)25-15/h1-4,6,8,10-11,15,17H,5,7,9,12-13H2,(H2,21,22,23)/t15-,17+/m1/s1. The molecular formula is C20H22N2O3. The lowest BCUT2D eigenvalue weighted by Crippen LogP contribution is -2.45. The molecule has 5 heteroatoms. The molecule has 5 nitrogen and oxygen atoms in total. The molecule has 2 aliphatic rings. The summed E-state index contributed by atoms with van der Waals surface area (Å²) >= 11 is 0. The van der Waals surface area contributed by atoms with E-state index in [1.165, 1.54) is 11.1 Å². The number of urea groups is 1. The molecule has 0 fully saturated rings. The number of amides is 2. The highest BCUT2D eigenvalue weighted by molar-refractivity contribution is 5.74. The van der Waals surface area contributed by atoms with Gasteiger partial charge in [-0.25, -0.2) is 4.79 Å². The molecule has 1 heterocycles. The molecule has 2 amide bonds. The third-order valence-electron chi connectivity index (χ3n) is 4.73. The Morgan fingerprint density at radius 3 is 2.80 bits per heavy atom. The number of hydrogen-bond acceptors (Lipinski definition) is 3. The number of nitrogens with one attached hydrogen (secondary N) is 2. The third-order valence-corrected chi connectivity index (χ3v) is 4.73. The molecule has 2 N–H and O–H groups in total. The van der Waals surface area contributed by atoms with Crippen molar-refractivity contribution < 1.29 is 14.3 Å². The summed E-state index contributed by atoms with van der Waals surface area (Å²) in [6, 6.07) is 15.8. The molecule has 1 aliphatic carbocycles. The summed E-state index contributed by atoms with van der Waals surface area (Å²) < 4.78 is 11.5. The van der Waals surface area contributed by atoms with Gasteiger partial charge in [0.25, 0.3) is 0 Å². The lowest BCUT2D eigenvalue weighted by Gasteiger charge is -2.28. The number of ether oxygens (including phenoxy) is 2. The van der Waals surface area contributed by atoms with Crippen LogP contribution in [0.4, 0.5) is 4.79 Å². The zero-order chi connectivity index (χ0) is 17.1. The normalized spacial score (nSPS) is 21.1. The van der Waals surface area contributed by atoms with Crippen LogP contribution in [-0.4, -0.2) is 25.3 Å². The van der Waals surface area contributed by atoms with E-state index >= 15 is 0 Å². The Bertz CT molecular complexity index is 762. The van der Waals surface area contributed by atoms with Gasteiger partial charge in [0.2, 0.25) is 0 Å². The lowest BCUT2D eigenvalue weighted by atomic mass is 9.88. The monoisotopic (exact) mass is 338 g/mol. The summed E-state index contributed by atoms with van der Waals surface area (Å²) in [5.74, 6) is 1.48. The minimum atomic E-state index is -0.181. The summed E-state index contributed by atoms with van der Waals surface area (Å²) in [4.78, 5) is 12.3. The maximum Gasteiger partial charge on any atom is 0.315 e. The van der Waals surface area contributed by atoms with Gasteiger partial charge in [0.05, 0.1) is 12.6 Å². The van der Waals surface area contributed by atoms with E-state index in [4.69, 9.17) is 9.47 Å². The second-order valence-electron chi connectivity index (χ2n) is 6.50. The molecule has 4 rings (SSSR count). The van der Waals surface area contributed by atoms with Crippen LogP contribution in [-0.2, 0) is 6.42 Å². The van der Waals surface area contributed by atoms with Crippen molar-refractivity contribution >= 4 is 6.03 Å². The Morgan fingerprint density at radius 2 is 1.88 bits per heavy atom. The van der Waals surface area contributed by atoms with Crippen molar-refractivity contribution in [3.8, 4) is 11.5 Å². The molecule has 0 saturated heterocycles. The number of hydrogen-bond donors (Lipinski definition) is 2. The third kappa shape index (κ3) is 3.55. The lowest BCUT2D eigenvalue weighted by molar-refractivity contribution is 0.0917. The van der Waals surface area contributed by atoms with Gasteiger partial charge in [-0.1, -0.05) is 36.4 Å². The molecule has 1 aliphatic heterocycles. The van der Waals surface area contributed by atoms with E-state index in [0.29, 0.717) is 13.2 Å². The van der Waals surface area contributed by atoms with E-state index in [0.717, 1.165) is 30.8 Å². The summed E-state index contributed by atoms with van der Waals surface area (Å²) in [5, 5.41) is 5.99. The second-order valence-corrected chi connectivity index (χ2v) is 6.50. The van der Waals surface area contributed by atoms with Gasteiger partial charge in [-0.15, -0.1) is 0 Å². The molecule has 0 unspecified atom stereocenters. The van der Waals surface area contributed by atoms with Crippen molar-refractivity contribution in [3.63, 3.8) is 0 Å². The molecule has 2 aromatic rings. The van der Waals surface area contributed by atoms with Crippen LogP contribution in [0.15, 0.2) is 48.5 Å². The first-order valence-electron chi connectivity index (χ1n) is 8.80. The molecule has 0 aromatic heterocycles. The first-order valence-corrected chi connectivity index (χ1v) is 8.80. The number of benzene rings is 2. The highest BCUT2D eigenvalue weighted by Gasteiger charge is 2.23. The van der Waals surface area contributed by atoms with Crippen LogP contribution in [0, 0.1) is 0 Å². The van der Waals surface area contributed by atoms with Gasteiger partial charge in [0.1, 0.15) is 6.61 Å². The van der Waals surface area contributed by atoms with Gasteiger partial charge >= 0.3 is 6.03 Å². The fourth-order valence-corrected chi connectivity index (χ4v) is 3.48. The maximum atomic E-state index is 12.3. The average molecular weight is 338 g/mol. The van der Waals surface area contributed by atoms with Crippen LogP contribution in [0.2, 0.25) is 0 Å². The number of carbonyl (C=O) groups excluding carboxylic acids is 1. The molecule has 0 bridgehead atoms. The minimum Gasteiger partial charge on any atom is -0.486 e. The van der Waals surface area contributed by atoms with Crippen molar-refractivity contribution in [1.29, 1.82) is 0 Å². The van der Waals surface area contributed by atoms with Gasteiger partial charge in [-0.3, -0.25) is 0 Å². The quantitative estimate of drug-likeness (QED) is 0.903. The zero-order valence-corrected chi connectivity index (χ0v) is 14.0. The summed E-state index contributed by atoms with van der Waals surface area (Å²) in [6.07, 6.45) is 2.97. The van der Waals surface area contributed by atoms with Gasteiger partial charge < -0.3 is 20.1 Å². The van der Waals surface area contributed by atoms with Crippen LogP contribution in [0.3, 0.4) is 0 Å². The van der Waals surface area contributed by atoms with E-state index in [2.05, 4.69) is 28.8 Å². The highest BCUT2D eigenvalue weighted by Crippen LogP contribution is 2.31. The van der Waals surface area contributed by atoms with Crippen LogP contribution >= 0.6 is 0 Å². The van der Waals surface area contributed by atoms with Crippen molar-refractivity contribution in [2.24, 2.45) is 0 Å². The minimum absolute atomic E-state index is 0.0780. The number of para-hydroxylation sites is 2. The van der Waals surface area contributed by atoms with Crippen molar-refractivity contribution in [2.45, 2.75) is 31.4 Å². The fraction of sp³-hybridized carbons (Fsp3) is 0.350. The van der Waals surface area contributed by atoms with Gasteiger partial charge in [-0.2, -0.15) is 0 Å². The number of fused-ring (bicyclic) bond motifs is 2. The maximum absolute atomic E-state index is 12.3. The van der Waals surface area contributed by atoms with E-state index < -0.39 is 0 Å². The number of rotatable bonds is 3. The van der Waals surface area contributed by atoms with E-state index in [1.54, 1.807) is 0 Å². The molecule has 25 heavy (non-hydrogen) atoms. The zero-order valence-electron chi connectivity index (χ0n) is 14.0. The topological polar surface area (TPSA) is 59.6 Å². The van der Waals surface area contributed by atoms with Gasteiger partial charge in [0, 0.05) is 0 Å². The van der Waals surface area contributed by atoms with Crippen LogP contribution in [0.5, 0.6) is 11.5 Å². The smallest absolute Gasteiger partial charge is 0.315 e. The van der Waals surface area contributed by atoms with Crippen molar-refractivity contribution in [1.82, 2.24) is 10.6 Å². The molecule has 0 radical (unpaired) electrons. The molecule has 2 aromatic carbocycles. The van der Waals surface area contributed by atoms with Gasteiger partial charge in [0.15, 0.2) is 17.6 Å². The van der Waals surface area contributed by atoms with Crippen molar-refractivity contribution in [2.75, 3.05) is 13.2 Å². The van der Waals surface area contributed by atoms with E-state index in [9.17, 15) is 4.79 Å². The Morgan fingerprint density at radius 1 is 1.08 bits per heavy atom. The van der Waals surface area contributed by atoms with Crippen LogP contribution in [0.1, 0.15) is 30.0 Å². The Balaban J connectivity index is 1.31. The first-order chi connectivity index (χ1) is 12.3. The highest BCUT2D eigenvalue weighted by atomic mass is 16.6. The predicted molar refractivity (Wildman–Crippen MR) is 95.0 cm³/mol. The Kier molecular flexibility index (Phi) is 4.46. The molecule has 130 valence electrons. The largest absolute Gasteiger partial charge is 0.486 e. The molecule has 0 saturated carbocycles. The fourth-order valence-electron chi connectivity index (χ4n) is 3.48. The predicted octanol–water partition coefficient (Wildman–Crippen LogP) is 3.20. The van der Waals surface area contributed by atoms with Gasteiger partial charge in [-0.05, 0) is 42.5 Å². The van der Waals surface area contributed by atoms with Crippen LogP contribution < -0.4 is 20.1 Å². The molecular weight excluding hydrogens is 316 g/mol. The SMILES string of the molecule is O=C(NC[C@@H]1COc2ccccc2O1)N[C@H]1CCCc2ccccc21. The summed E-state index contributed by atoms with van der Waals surface area (Å²) in [7, 11) is 0.